The Balaban J connectivity index is 1.68. The van der Waals surface area contributed by atoms with Crippen molar-refractivity contribution in [3.63, 3.8) is 0 Å². The summed E-state index contributed by atoms with van der Waals surface area (Å²) in [6.07, 6.45) is 3.33. The van der Waals surface area contributed by atoms with Crippen LogP contribution in [0, 0.1) is 0 Å². The number of esters is 1. The first-order valence-electron chi connectivity index (χ1n) is 10.4. The van der Waals surface area contributed by atoms with Crippen LogP contribution in [0.2, 0.25) is 0 Å². The number of ketones is 1. The second kappa shape index (κ2) is 8.24. The van der Waals surface area contributed by atoms with Crippen molar-refractivity contribution in [3.8, 4) is 11.5 Å². The normalized spacial score (nSPS) is 13.4. The van der Waals surface area contributed by atoms with Crippen molar-refractivity contribution in [3.05, 3.63) is 125 Å². The van der Waals surface area contributed by atoms with Crippen LogP contribution in [0.15, 0.2) is 97.3 Å². The van der Waals surface area contributed by atoms with Gasteiger partial charge >= 0.3 is 11.8 Å². The van der Waals surface area contributed by atoms with E-state index in [1.807, 2.05) is 60.7 Å². The van der Waals surface area contributed by atoms with Gasteiger partial charge in [-0.15, -0.1) is 0 Å². The molecule has 1 aliphatic heterocycles. The van der Waals surface area contributed by atoms with Gasteiger partial charge in [0.15, 0.2) is 29.7 Å². The van der Waals surface area contributed by atoms with Gasteiger partial charge in [-0.25, -0.2) is 9.78 Å². The van der Waals surface area contributed by atoms with E-state index < -0.39 is 11.8 Å². The van der Waals surface area contributed by atoms with Gasteiger partial charge in [0.05, 0.1) is 7.11 Å². The van der Waals surface area contributed by atoms with E-state index in [1.54, 1.807) is 30.6 Å². The van der Waals surface area contributed by atoms with Gasteiger partial charge in [-0.05, 0) is 12.1 Å². The lowest BCUT2D eigenvalue weighted by Gasteiger charge is -2.28. The average Bonchev–Trinajstić information content (AvgIpc) is 3.29. The molecule has 0 atom stereocenters. The van der Waals surface area contributed by atoms with Gasteiger partial charge < -0.3 is 14.2 Å². The fourth-order valence-electron chi connectivity index (χ4n) is 3.92. The van der Waals surface area contributed by atoms with Crippen LogP contribution in [0.1, 0.15) is 37.4 Å². The second-order valence-corrected chi connectivity index (χ2v) is 7.51. The number of H-pyrrole nitrogens is 1. The van der Waals surface area contributed by atoms with Gasteiger partial charge in [0.2, 0.25) is 0 Å². The van der Waals surface area contributed by atoms with Crippen LogP contribution in [0.5, 0.6) is 11.5 Å². The van der Waals surface area contributed by atoms with Crippen LogP contribution in [0.3, 0.4) is 0 Å². The SMILES string of the molecule is COC(=O)c1cc(C(=O)c2cc[nH+]cc2)cc2c1OC(c1ccccc1)(c1ccccc1)O2. The van der Waals surface area contributed by atoms with E-state index in [4.69, 9.17) is 14.2 Å². The molecule has 1 aromatic heterocycles. The Kier molecular flexibility index (Phi) is 5.11. The number of methoxy groups -OCH3 is 1. The Hall–Kier alpha value is -4.45. The Morgan fingerprint density at radius 1 is 0.788 bits per heavy atom. The summed E-state index contributed by atoms with van der Waals surface area (Å²) in [5.41, 5.74) is 2.38. The number of aromatic nitrogens is 1. The van der Waals surface area contributed by atoms with Gasteiger partial charge in [-0.3, -0.25) is 4.79 Å². The molecule has 33 heavy (non-hydrogen) atoms. The molecule has 5 rings (SSSR count). The van der Waals surface area contributed by atoms with Gasteiger partial charge in [0.1, 0.15) is 5.56 Å². The van der Waals surface area contributed by atoms with Crippen LogP contribution >= 0.6 is 0 Å². The van der Waals surface area contributed by atoms with Crippen molar-refractivity contribution in [2.24, 2.45) is 0 Å². The van der Waals surface area contributed by atoms with Crippen molar-refractivity contribution >= 4 is 11.8 Å². The number of ether oxygens (including phenoxy) is 3. The summed E-state index contributed by atoms with van der Waals surface area (Å²) in [5, 5.41) is 0. The summed E-state index contributed by atoms with van der Waals surface area (Å²) in [5.74, 6) is -1.68. The van der Waals surface area contributed by atoms with Gasteiger partial charge in [-0.2, -0.15) is 0 Å². The maximum atomic E-state index is 13.1. The number of hydrogen-bond acceptors (Lipinski definition) is 5. The smallest absolute Gasteiger partial charge is 0.341 e. The summed E-state index contributed by atoms with van der Waals surface area (Å²) in [4.78, 5) is 28.7. The van der Waals surface area contributed by atoms with Gasteiger partial charge in [0, 0.05) is 34.4 Å². The first kappa shape index (κ1) is 20.5. The molecule has 0 saturated carbocycles. The number of carbonyl (C=O) groups is 2. The van der Waals surface area contributed by atoms with E-state index in [9.17, 15) is 9.59 Å². The number of carbonyl (C=O) groups excluding carboxylic acids is 2. The van der Waals surface area contributed by atoms with E-state index in [0.29, 0.717) is 11.1 Å². The molecular formula is C27H20NO5+. The highest BCUT2D eigenvalue weighted by molar-refractivity contribution is 6.10. The summed E-state index contributed by atoms with van der Waals surface area (Å²) >= 11 is 0. The van der Waals surface area contributed by atoms with Crippen molar-refractivity contribution in [2.75, 3.05) is 7.11 Å². The number of rotatable bonds is 5. The third-order valence-corrected chi connectivity index (χ3v) is 5.51. The Bertz CT molecular complexity index is 1280. The molecule has 1 aliphatic rings. The van der Waals surface area contributed by atoms with Crippen LogP contribution in [0.4, 0.5) is 0 Å². The Morgan fingerprint density at radius 2 is 1.39 bits per heavy atom. The second-order valence-electron chi connectivity index (χ2n) is 7.51. The molecule has 1 N–H and O–H groups in total. The summed E-state index contributed by atoms with van der Waals surface area (Å²) < 4.78 is 17.9. The fourth-order valence-corrected chi connectivity index (χ4v) is 3.92. The average molecular weight is 438 g/mol. The lowest BCUT2D eigenvalue weighted by atomic mass is 9.97. The molecule has 0 amide bonds. The number of benzene rings is 3. The number of nitrogens with one attached hydrogen (secondary N) is 1. The minimum atomic E-state index is -1.32. The van der Waals surface area contributed by atoms with E-state index in [-0.39, 0.29) is 22.8 Å². The summed E-state index contributed by atoms with van der Waals surface area (Å²) in [6, 6.07) is 25.3. The molecule has 0 spiro atoms. The van der Waals surface area contributed by atoms with Crippen molar-refractivity contribution in [1.82, 2.24) is 0 Å². The van der Waals surface area contributed by atoms with Gasteiger partial charge in [0.25, 0.3) is 0 Å². The Morgan fingerprint density at radius 3 is 1.97 bits per heavy atom. The molecule has 2 heterocycles. The number of fused-ring (bicyclic) bond motifs is 1. The first-order chi connectivity index (χ1) is 16.1. The zero-order valence-corrected chi connectivity index (χ0v) is 17.8. The molecule has 0 saturated heterocycles. The predicted molar refractivity (Wildman–Crippen MR) is 119 cm³/mol. The van der Waals surface area contributed by atoms with Gasteiger partial charge in [-0.1, -0.05) is 60.7 Å². The Labute approximate surface area is 190 Å². The fraction of sp³-hybridized carbons (Fsp3) is 0.0741. The molecule has 0 fully saturated rings. The van der Waals surface area contributed by atoms with Crippen molar-refractivity contribution in [2.45, 2.75) is 5.79 Å². The standard InChI is InChI=1S/C27H19NO5/c1-31-26(30)22-16-19(24(29)18-12-14-28-15-13-18)17-23-25(22)33-27(32-23,20-8-4-2-5-9-20)21-10-6-3-7-11-21/h2-17H,1H3/p+1. The topological polar surface area (TPSA) is 76.0 Å². The van der Waals surface area contributed by atoms with Crippen LogP contribution in [0.25, 0.3) is 0 Å². The first-order valence-corrected chi connectivity index (χ1v) is 10.4. The zero-order valence-electron chi connectivity index (χ0n) is 17.8. The largest absolute Gasteiger partial charge is 0.465 e. The molecule has 3 aromatic carbocycles. The quantitative estimate of drug-likeness (QED) is 0.345. The molecule has 0 radical (unpaired) electrons. The van der Waals surface area contributed by atoms with Crippen molar-refractivity contribution in [1.29, 1.82) is 0 Å². The molecule has 4 aromatic rings. The zero-order chi connectivity index (χ0) is 22.8. The lowest BCUT2D eigenvalue weighted by Crippen LogP contribution is -2.36. The third kappa shape index (κ3) is 3.51. The highest BCUT2D eigenvalue weighted by Crippen LogP contribution is 2.50. The van der Waals surface area contributed by atoms with Crippen LogP contribution < -0.4 is 14.5 Å². The molecule has 0 bridgehead atoms. The monoisotopic (exact) mass is 438 g/mol. The van der Waals surface area contributed by atoms with Crippen LogP contribution in [-0.2, 0) is 10.5 Å². The number of aromatic amines is 1. The molecule has 6 heteroatoms. The van der Waals surface area contributed by atoms with E-state index in [2.05, 4.69) is 4.98 Å². The maximum Gasteiger partial charge on any atom is 0.341 e. The molecule has 162 valence electrons. The van der Waals surface area contributed by atoms with Crippen LogP contribution in [-0.4, -0.2) is 18.9 Å². The molecule has 0 aliphatic carbocycles. The molecular weight excluding hydrogens is 418 g/mol. The maximum absolute atomic E-state index is 13.1. The highest BCUT2D eigenvalue weighted by atomic mass is 16.7. The van der Waals surface area contributed by atoms with E-state index in [0.717, 1.165) is 11.1 Å². The minimum absolute atomic E-state index is 0.120. The molecule has 6 nitrogen and oxygen atoms in total. The summed E-state index contributed by atoms with van der Waals surface area (Å²) in [7, 11) is 1.29. The predicted octanol–water partition coefficient (Wildman–Crippen LogP) is 4.19. The summed E-state index contributed by atoms with van der Waals surface area (Å²) in [6.45, 7) is 0. The number of pyridine rings is 1. The third-order valence-electron chi connectivity index (χ3n) is 5.51. The highest BCUT2D eigenvalue weighted by Gasteiger charge is 2.47. The minimum Gasteiger partial charge on any atom is -0.465 e. The van der Waals surface area contributed by atoms with E-state index in [1.165, 1.54) is 13.2 Å². The number of hydrogen-bond donors (Lipinski definition) is 0. The van der Waals surface area contributed by atoms with E-state index >= 15 is 0 Å². The van der Waals surface area contributed by atoms with Crippen molar-refractivity contribution < 1.29 is 28.8 Å². The molecule has 0 unspecified atom stereocenters. The lowest BCUT2D eigenvalue weighted by molar-refractivity contribution is -0.378.